The molecule has 0 aromatic carbocycles. The molecule has 0 aliphatic carbocycles. The number of rotatable bonds is 60. The van der Waals surface area contributed by atoms with Crippen molar-refractivity contribution in [2.45, 2.75) is 322 Å². The number of ether oxygens (including phenoxy) is 3. The van der Waals surface area contributed by atoms with Gasteiger partial charge in [-0.15, -0.1) is 0 Å². The molecule has 6 heteroatoms. The summed E-state index contributed by atoms with van der Waals surface area (Å²) in [5.41, 5.74) is 0. The third-order valence-corrected chi connectivity index (χ3v) is 14.3. The smallest absolute Gasteiger partial charge is 0.306 e. The summed E-state index contributed by atoms with van der Waals surface area (Å²) in [7, 11) is 0. The van der Waals surface area contributed by atoms with Crippen molar-refractivity contribution in [3.63, 3.8) is 0 Å². The number of hydrogen-bond acceptors (Lipinski definition) is 6. The van der Waals surface area contributed by atoms with Gasteiger partial charge >= 0.3 is 17.9 Å². The average Bonchev–Trinajstić information content (AvgIpc) is 3.45. The minimum Gasteiger partial charge on any atom is -0.462 e. The summed E-state index contributed by atoms with van der Waals surface area (Å²) in [6.07, 6.45) is 91.3. The molecule has 0 aliphatic heterocycles. The Labute approximate surface area is 489 Å². The minimum atomic E-state index is -0.819. The van der Waals surface area contributed by atoms with Gasteiger partial charge in [-0.05, 0) is 89.9 Å². The first kappa shape index (κ1) is 75.1. The second kappa shape index (κ2) is 66.6. The van der Waals surface area contributed by atoms with E-state index < -0.39 is 6.10 Å². The quantitative estimate of drug-likeness (QED) is 0.0261. The van der Waals surface area contributed by atoms with Gasteiger partial charge < -0.3 is 14.2 Å². The predicted octanol–water partition coefficient (Wildman–Crippen LogP) is 23.0. The van der Waals surface area contributed by atoms with Crippen LogP contribution in [0, 0.1) is 0 Å². The summed E-state index contributed by atoms with van der Waals surface area (Å²) in [6.45, 7) is 6.36. The highest BCUT2D eigenvalue weighted by molar-refractivity contribution is 5.71. The molecule has 0 bridgehead atoms. The first-order valence-corrected chi connectivity index (χ1v) is 33.4. The monoisotopic (exact) mass is 1100 g/mol. The Kier molecular flexibility index (Phi) is 63.3. The molecule has 0 amide bonds. The van der Waals surface area contributed by atoms with Crippen molar-refractivity contribution >= 4 is 17.9 Å². The van der Waals surface area contributed by atoms with Crippen LogP contribution >= 0.6 is 0 Å². The van der Waals surface area contributed by atoms with Crippen LogP contribution in [0.15, 0.2) is 109 Å². The molecule has 0 radical (unpaired) electrons. The molecule has 0 spiro atoms. The fraction of sp³-hybridized carbons (Fsp3) is 0.712. The summed E-state index contributed by atoms with van der Waals surface area (Å²) in [5, 5.41) is 0. The molecule has 79 heavy (non-hydrogen) atoms. The second-order valence-electron chi connectivity index (χ2n) is 22.0. The van der Waals surface area contributed by atoms with Gasteiger partial charge in [0.1, 0.15) is 13.2 Å². The van der Waals surface area contributed by atoms with Crippen LogP contribution in [0.5, 0.6) is 0 Å². The van der Waals surface area contributed by atoms with Gasteiger partial charge in [-0.25, -0.2) is 0 Å². The predicted molar refractivity (Wildman–Crippen MR) is 343 cm³/mol. The molecule has 0 fully saturated rings. The molecule has 6 nitrogen and oxygen atoms in total. The molecule has 0 aromatic heterocycles. The molecule has 0 aliphatic rings. The van der Waals surface area contributed by atoms with Crippen molar-refractivity contribution in [2.75, 3.05) is 13.2 Å². The Morgan fingerprint density at radius 3 is 0.848 bits per heavy atom. The Bertz CT molecular complexity index is 1590. The van der Waals surface area contributed by atoms with Gasteiger partial charge in [0.2, 0.25) is 0 Å². The van der Waals surface area contributed by atoms with E-state index in [1.54, 1.807) is 0 Å². The maximum Gasteiger partial charge on any atom is 0.306 e. The number of esters is 3. The normalized spacial score (nSPS) is 12.8. The van der Waals surface area contributed by atoms with Crippen LogP contribution in [-0.2, 0) is 28.6 Å². The number of carbonyl (C=O) groups excluding carboxylic acids is 3. The van der Waals surface area contributed by atoms with Crippen LogP contribution < -0.4 is 0 Å². The fourth-order valence-corrected chi connectivity index (χ4v) is 9.37. The summed E-state index contributed by atoms with van der Waals surface area (Å²) in [4.78, 5) is 38.3. The Balaban J connectivity index is 4.33. The first-order chi connectivity index (χ1) is 39.0. The van der Waals surface area contributed by atoms with Crippen molar-refractivity contribution < 1.29 is 28.6 Å². The zero-order valence-corrected chi connectivity index (χ0v) is 51.9. The molecular formula is C73H124O6. The summed E-state index contributed by atoms with van der Waals surface area (Å²) in [5.74, 6) is -1.00. The van der Waals surface area contributed by atoms with Crippen LogP contribution in [0.4, 0.5) is 0 Å². The number of carbonyl (C=O) groups is 3. The molecule has 0 saturated heterocycles. The lowest BCUT2D eigenvalue weighted by molar-refractivity contribution is -0.166. The van der Waals surface area contributed by atoms with Crippen molar-refractivity contribution in [1.29, 1.82) is 0 Å². The van der Waals surface area contributed by atoms with Gasteiger partial charge in [0.25, 0.3) is 0 Å². The maximum absolute atomic E-state index is 12.9. The average molecular weight is 1100 g/mol. The zero-order valence-electron chi connectivity index (χ0n) is 51.9. The molecule has 1 atom stereocenters. The highest BCUT2D eigenvalue weighted by Gasteiger charge is 2.19. The van der Waals surface area contributed by atoms with E-state index in [1.165, 1.54) is 154 Å². The second-order valence-corrected chi connectivity index (χ2v) is 22.0. The van der Waals surface area contributed by atoms with E-state index in [0.29, 0.717) is 19.3 Å². The van der Waals surface area contributed by atoms with Gasteiger partial charge in [-0.3, -0.25) is 14.4 Å². The van der Waals surface area contributed by atoms with Gasteiger partial charge in [-0.2, -0.15) is 0 Å². The molecule has 0 aromatic rings. The highest BCUT2D eigenvalue weighted by Crippen LogP contribution is 2.17. The van der Waals surface area contributed by atoms with E-state index in [4.69, 9.17) is 14.2 Å². The minimum absolute atomic E-state index is 0.107. The van der Waals surface area contributed by atoms with Crippen molar-refractivity contribution in [3.8, 4) is 0 Å². The van der Waals surface area contributed by atoms with Crippen LogP contribution in [0.25, 0.3) is 0 Å². The summed E-state index contributed by atoms with van der Waals surface area (Å²) >= 11 is 0. The molecular weight excluding hydrogens is 973 g/mol. The number of allylic oxidation sites excluding steroid dienone is 18. The Hall–Kier alpha value is -3.93. The SMILES string of the molecule is CC/C=C\C/C=C\C/C=C\C/C=C\C/C=C\CCCCCCCC(=O)OC(COC(=O)CC/C=C\C/C=C\C/C=C\C/C=C\CC)COC(=O)CCCCCCCCCCCCCCCCCCCCCCCCCCCCC. The van der Waals surface area contributed by atoms with Gasteiger partial charge in [0, 0.05) is 19.3 Å². The van der Waals surface area contributed by atoms with E-state index in [0.717, 1.165) is 116 Å². The number of unbranched alkanes of at least 4 members (excludes halogenated alkanes) is 31. The van der Waals surface area contributed by atoms with Crippen LogP contribution in [-0.4, -0.2) is 37.2 Å². The topological polar surface area (TPSA) is 78.9 Å². The van der Waals surface area contributed by atoms with E-state index in [-0.39, 0.29) is 37.5 Å². The van der Waals surface area contributed by atoms with E-state index >= 15 is 0 Å². The van der Waals surface area contributed by atoms with E-state index in [9.17, 15) is 14.4 Å². The molecule has 452 valence electrons. The lowest BCUT2D eigenvalue weighted by atomic mass is 10.0. The summed E-state index contributed by atoms with van der Waals surface area (Å²) in [6, 6.07) is 0. The lowest BCUT2D eigenvalue weighted by Gasteiger charge is -2.18. The third-order valence-electron chi connectivity index (χ3n) is 14.3. The molecule has 0 saturated carbocycles. The van der Waals surface area contributed by atoms with Crippen LogP contribution in [0.1, 0.15) is 316 Å². The number of hydrogen-bond donors (Lipinski definition) is 0. The maximum atomic E-state index is 12.9. The molecule has 0 N–H and O–H groups in total. The van der Waals surface area contributed by atoms with E-state index in [2.05, 4.69) is 124 Å². The highest BCUT2D eigenvalue weighted by atomic mass is 16.6. The lowest BCUT2D eigenvalue weighted by Crippen LogP contribution is -2.30. The van der Waals surface area contributed by atoms with Gasteiger partial charge in [-0.1, -0.05) is 316 Å². The van der Waals surface area contributed by atoms with Gasteiger partial charge in [0.15, 0.2) is 6.10 Å². The van der Waals surface area contributed by atoms with Crippen molar-refractivity contribution in [1.82, 2.24) is 0 Å². The zero-order chi connectivity index (χ0) is 57.1. The van der Waals surface area contributed by atoms with E-state index in [1.807, 2.05) is 6.08 Å². The van der Waals surface area contributed by atoms with Crippen molar-refractivity contribution in [3.05, 3.63) is 109 Å². The first-order valence-electron chi connectivity index (χ1n) is 33.4. The molecule has 0 heterocycles. The summed E-state index contributed by atoms with van der Waals surface area (Å²) < 4.78 is 16.8. The third kappa shape index (κ3) is 64.8. The largest absolute Gasteiger partial charge is 0.462 e. The van der Waals surface area contributed by atoms with Crippen LogP contribution in [0.2, 0.25) is 0 Å². The Morgan fingerprint density at radius 1 is 0.266 bits per heavy atom. The standard InChI is InChI=1S/C73H124O6/c1-4-7-10-13-16-19-22-25-27-29-31-33-34-35-36-37-38-40-41-43-45-48-51-54-57-60-63-66-72(75)78-69-70(68-77-71(74)65-62-59-56-53-50-47-24-21-18-15-12-9-6-3)79-73(76)67-64-61-58-55-52-49-46-44-42-39-32-30-28-26-23-20-17-14-11-8-5-2/h8-9,11-12,17-18,20-21,26,28,32,39,44,46-47,50,56,59,70H,4-7,10,13-16,19,22-25,27,29-31,33-38,40-43,45,48-49,51-55,57-58,60-69H2,1-3H3/b11-8-,12-9-,20-17-,21-18-,28-26-,39-32-,46-44-,50-47-,59-56-. The molecule has 0 rings (SSSR count). The van der Waals surface area contributed by atoms with Gasteiger partial charge in [0.05, 0.1) is 0 Å². The molecule has 1 unspecified atom stereocenters. The van der Waals surface area contributed by atoms with Crippen LogP contribution in [0.3, 0.4) is 0 Å². The Morgan fingerprint density at radius 2 is 0.519 bits per heavy atom. The fourth-order valence-electron chi connectivity index (χ4n) is 9.37. The van der Waals surface area contributed by atoms with Crippen molar-refractivity contribution in [2.24, 2.45) is 0 Å².